The van der Waals surface area contributed by atoms with E-state index in [1.807, 2.05) is 0 Å². The number of ether oxygens (including phenoxy) is 3. The zero-order valence-corrected chi connectivity index (χ0v) is 14.6. The van der Waals surface area contributed by atoms with Gasteiger partial charge in [0, 0.05) is 6.42 Å². The molecule has 0 fully saturated rings. The predicted molar refractivity (Wildman–Crippen MR) is 90.0 cm³/mol. The number of rotatable bonds is 7. The van der Waals surface area contributed by atoms with Gasteiger partial charge in [0.1, 0.15) is 28.6 Å². The van der Waals surface area contributed by atoms with Crippen LogP contribution in [-0.4, -0.2) is 25.2 Å². The second kappa shape index (κ2) is 8.57. The van der Waals surface area contributed by atoms with Crippen LogP contribution in [0.1, 0.15) is 29.3 Å². The second-order valence-electron chi connectivity index (χ2n) is 5.61. The maximum absolute atomic E-state index is 12.2. The lowest BCUT2D eigenvalue weighted by atomic mass is 10.0. The van der Waals surface area contributed by atoms with Gasteiger partial charge in [0.2, 0.25) is 0 Å². The number of ketones is 1. The highest BCUT2D eigenvalue weighted by atomic mass is 19.4. The largest absolute Gasteiger partial charge is 0.573 e. The molecule has 0 aliphatic rings. The van der Waals surface area contributed by atoms with Crippen LogP contribution < -0.4 is 9.47 Å². The zero-order valence-electron chi connectivity index (χ0n) is 14.6. The summed E-state index contributed by atoms with van der Waals surface area (Å²) in [6.45, 7) is 1.45. The summed E-state index contributed by atoms with van der Waals surface area (Å²) in [6.07, 6.45) is -4.21. The van der Waals surface area contributed by atoms with E-state index in [-0.39, 0.29) is 29.3 Å². The number of carbonyl (C=O) groups excluding carboxylic acids is 2. The van der Waals surface area contributed by atoms with E-state index in [0.717, 1.165) is 12.1 Å². The lowest BCUT2D eigenvalue weighted by molar-refractivity contribution is -0.274. The highest BCUT2D eigenvalue weighted by Crippen LogP contribution is 2.31. The maximum Gasteiger partial charge on any atom is 0.573 e. The first-order chi connectivity index (χ1) is 12.7. The standard InChI is InChI=1S/C19H17F3O5/c1-12(23)6-7-13-4-3-5-16(17(13)18(24)25-2)26-14-8-10-15(11-9-14)27-19(20,21)22/h3-5,8-11H,6-7H2,1-2H3. The van der Waals surface area contributed by atoms with Crippen molar-refractivity contribution in [3.63, 3.8) is 0 Å². The summed E-state index contributed by atoms with van der Waals surface area (Å²) in [5.74, 6) is -0.678. The minimum Gasteiger partial charge on any atom is -0.465 e. The molecule has 0 spiro atoms. The van der Waals surface area contributed by atoms with E-state index in [1.165, 1.54) is 32.2 Å². The van der Waals surface area contributed by atoms with E-state index < -0.39 is 18.1 Å². The summed E-state index contributed by atoms with van der Waals surface area (Å²) in [5, 5.41) is 0. The van der Waals surface area contributed by atoms with Crippen LogP contribution in [0.15, 0.2) is 42.5 Å². The normalized spacial score (nSPS) is 11.0. The van der Waals surface area contributed by atoms with Crippen molar-refractivity contribution in [1.82, 2.24) is 0 Å². The number of alkyl halides is 3. The van der Waals surface area contributed by atoms with Crippen molar-refractivity contribution in [2.75, 3.05) is 7.11 Å². The van der Waals surface area contributed by atoms with Crippen LogP contribution in [0.3, 0.4) is 0 Å². The van der Waals surface area contributed by atoms with Gasteiger partial charge in [-0.1, -0.05) is 12.1 Å². The van der Waals surface area contributed by atoms with E-state index in [1.54, 1.807) is 12.1 Å². The Morgan fingerprint density at radius 2 is 1.63 bits per heavy atom. The first-order valence-electron chi connectivity index (χ1n) is 7.93. The van der Waals surface area contributed by atoms with Gasteiger partial charge in [-0.15, -0.1) is 13.2 Å². The molecule has 27 heavy (non-hydrogen) atoms. The molecule has 8 heteroatoms. The molecule has 0 N–H and O–H groups in total. The smallest absolute Gasteiger partial charge is 0.465 e. The first kappa shape index (κ1) is 20.3. The van der Waals surface area contributed by atoms with Gasteiger partial charge in [-0.3, -0.25) is 0 Å². The van der Waals surface area contributed by atoms with Gasteiger partial charge in [0.15, 0.2) is 0 Å². The van der Waals surface area contributed by atoms with Gasteiger partial charge in [0.05, 0.1) is 7.11 Å². The summed E-state index contributed by atoms with van der Waals surface area (Å²) in [5.41, 5.74) is 0.739. The van der Waals surface area contributed by atoms with Crippen molar-refractivity contribution in [3.8, 4) is 17.2 Å². The number of hydrogen-bond acceptors (Lipinski definition) is 5. The topological polar surface area (TPSA) is 61.8 Å². The summed E-state index contributed by atoms with van der Waals surface area (Å²) in [6, 6.07) is 9.62. The highest BCUT2D eigenvalue weighted by molar-refractivity contribution is 5.94. The van der Waals surface area contributed by atoms with Crippen molar-refractivity contribution in [2.24, 2.45) is 0 Å². The molecule has 0 amide bonds. The molecule has 0 bridgehead atoms. The summed E-state index contributed by atoms with van der Waals surface area (Å²) in [7, 11) is 1.22. The predicted octanol–water partition coefficient (Wildman–Crippen LogP) is 4.69. The van der Waals surface area contributed by atoms with Crippen molar-refractivity contribution in [2.45, 2.75) is 26.1 Å². The highest BCUT2D eigenvalue weighted by Gasteiger charge is 2.31. The fraction of sp³-hybridized carbons (Fsp3) is 0.263. The SMILES string of the molecule is COC(=O)c1c(CCC(C)=O)cccc1Oc1ccc(OC(F)(F)F)cc1. The molecule has 0 saturated carbocycles. The number of methoxy groups -OCH3 is 1. The van der Waals surface area contributed by atoms with Gasteiger partial charge < -0.3 is 19.0 Å². The fourth-order valence-electron chi connectivity index (χ4n) is 2.35. The number of benzene rings is 2. The van der Waals surface area contributed by atoms with Crippen molar-refractivity contribution in [3.05, 3.63) is 53.6 Å². The molecular weight excluding hydrogens is 365 g/mol. The van der Waals surface area contributed by atoms with E-state index in [2.05, 4.69) is 4.74 Å². The molecule has 2 aromatic rings. The van der Waals surface area contributed by atoms with E-state index in [9.17, 15) is 22.8 Å². The quantitative estimate of drug-likeness (QED) is 0.651. The Morgan fingerprint density at radius 1 is 1.00 bits per heavy atom. The number of aryl methyl sites for hydroxylation is 1. The lowest BCUT2D eigenvalue weighted by Gasteiger charge is -2.14. The summed E-state index contributed by atoms with van der Waals surface area (Å²) >= 11 is 0. The maximum atomic E-state index is 12.2. The first-order valence-corrected chi connectivity index (χ1v) is 7.93. The molecule has 5 nitrogen and oxygen atoms in total. The Bertz CT molecular complexity index is 813. The van der Waals surface area contributed by atoms with Crippen LogP contribution in [-0.2, 0) is 16.0 Å². The minimum atomic E-state index is -4.79. The molecule has 0 aliphatic carbocycles. The number of esters is 1. The fourth-order valence-corrected chi connectivity index (χ4v) is 2.35. The molecule has 0 heterocycles. The lowest BCUT2D eigenvalue weighted by Crippen LogP contribution is -2.16. The molecule has 0 saturated heterocycles. The Morgan fingerprint density at radius 3 is 2.19 bits per heavy atom. The molecule has 0 aromatic heterocycles. The van der Waals surface area contributed by atoms with Gasteiger partial charge in [-0.2, -0.15) is 0 Å². The van der Waals surface area contributed by atoms with Crippen molar-refractivity contribution >= 4 is 11.8 Å². The van der Waals surface area contributed by atoms with Crippen LogP contribution in [0.5, 0.6) is 17.2 Å². The molecule has 0 unspecified atom stereocenters. The third kappa shape index (κ3) is 6.02. The average molecular weight is 382 g/mol. The van der Waals surface area contributed by atoms with E-state index in [4.69, 9.17) is 9.47 Å². The van der Waals surface area contributed by atoms with Crippen molar-refractivity contribution in [1.29, 1.82) is 0 Å². The number of carbonyl (C=O) groups is 2. The van der Waals surface area contributed by atoms with Gasteiger partial charge in [-0.05, 0) is 49.2 Å². The molecule has 2 rings (SSSR count). The Labute approximate surface area is 153 Å². The molecule has 0 aliphatic heterocycles. The molecule has 0 atom stereocenters. The van der Waals surface area contributed by atoms with Crippen molar-refractivity contribution < 1.29 is 37.0 Å². The zero-order chi connectivity index (χ0) is 20.0. The van der Waals surface area contributed by atoms with Gasteiger partial charge >= 0.3 is 12.3 Å². The molecular formula is C19H17F3O5. The second-order valence-corrected chi connectivity index (χ2v) is 5.61. The van der Waals surface area contributed by atoms with Gasteiger partial charge in [-0.25, -0.2) is 4.79 Å². The van der Waals surface area contributed by atoms with E-state index in [0.29, 0.717) is 12.0 Å². The number of halogens is 3. The summed E-state index contributed by atoms with van der Waals surface area (Å²) < 4.78 is 50.9. The van der Waals surface area contributed by atoms with Crippen LogP contribution in [0.25, 0.3) is 0 Å². The van der Waals surface area contributed by atoms with Gasteiger partial charge in [0.25, 0.3) is 0 Å². The number of Topliss-reactive ketones (excluding diaryl/α,β-unsaturated/α-hetero) is 1. The van der Waals surface area contributed by atoms with E-state index >= 15 is 0 Å². The molecule has 0 radical (unpaired) electrons. The monoisotopic (exact) mass is 382 g/mol. The van der Waals surface area contributed by atoms with Crippen LogP contribution >= 0.6 is 0 Å². The number of hydrogen-bond donors (Lipinski definition) is 0. The molecule has 144 valence electrons. The molecule has 2 aromatic carbocycles. The third-order valence-electron chi connectivity index (χ3n) is 3.53. The Kier molecular flexibility index (Phi) is 6.44. The van der Waals surface area contributed by atoms with Crippen LogP contribution in [0, 0.1) is 0 Å². The van der Waals surface area contributed by atoms with Crippen LogP contribution in [0.4, 0.5) is 13.2 Å². The minimum absolute atomic E-state index is 0.0302. The Hall–Kier alpha value is -3.03. The summed E-state index contributed by atoms with van der Waals surface area (Å²) in [4.78, 5) is 23.4. The third-order valence-corrected chi connectivity index (χ3v) is 3.53. The van der Waals surface area contributed by atoms with Crippen LogP contribution in [0.2, 0.25) is 0 Å². The Balaban J connectivity index is 2.28. The average Bonchev–Trinajstić information content (AvgIpc) is 2.60.